The molecule has 2 rings (SSSR count). The van der Waals surface area contributed by atoms with Gasteiger partial charge in [-0.2, -0.15) is 0 Å². The number of likely N-dealkylation sites (N-methyl/N-ethyl adjacent to an activating group) is 1. The molecule has 0 bridgehead atoms. The second-order valence-electron chi connectivity index (χ2n) is 7.76. The quantitative estimate of drug-likeness (QED) is 0.878. The molecule has 0 aliphatic carbocycles. The molecule has 2 heterocycles. The van der Waals surface area contributed by atoms with Crippen molar-refractivity contribution in [2.45, 2.75) is 51.8 Å². The fourth-order valence-corrected chi connectivity index (χ4v) is 2.99. The largest absolute Gasteiger partial charge is 0.481 e. The predicted molar refractivity (Wildman–Crippen MR) is 93.2 cm³/mol. The fourth-order valence-electron chi connectivity index (χ4n) is 2.99. The van der Waals surface area contributed by atoms with Crippen molar-refractivity contribution in [3.63, 3.8) is 0 Å². The number of pyridine rings is 1. The molecule has 0 saturated carbocycles. The first-order valence-electron chi connectivity index (χ1n) is 8.34. The first-order chi connectivity index (χ1) is 11.5. The molecule has 1 saturated heterocycles. The van der Waals surface area contributed by atoms with Gasteiger partial charge < -0.3 is 14.7 Å². The minimum Gasteiger partial charge on any atom is -0.481 e. The minimum atomic E-state index is -0.882. The molecule has 1 aliphatic heterocycles. The van der Waals surface area contributed by atoms with Crippen LogP contribution in [0.5, 0.6) is 0 Å². The molecule has 0 radical (unpaired) electrons. The first-order valence-corrected chi connectivity index (χ1v) is 8.34. The Hall–Kier alpha value is -2.15. The van der Waals surface area contributed by atoms with Gasteiger partial charge in [0.2, 0.25) is 0 Å². The van der Waals surface area contributed by atoms with Gasteiger partial charge in [0.15, 0.2) is 0 Å². The number of hydrogen-bond donors (Lipinski definition) is 1. The number of aryl methyl sites for hydroxylation is 1. The average Bonchev–Trinajstić information content (AvgIpc) is 2.39. The number of aliphatic carboxylic acids is 1. The zero-order chi connectivity index (χ0) is 18.8. The molecule has 7 heteroatoms. The van der Waals surface area contributed by atoms with E-state index < -0.39 is 23.2 Å². The number of ether oxygens (including phenoxy) is 1. The number of likely N-dealkylation sites (tertiary alicyclic amines) is 1. The second-order valence-corrected chi connectivity index (χ2v) is 7.76. The Bertz CT molecular complexity index is 648. The van der Waals surface area contributed by atoms with Crippen LogP contribution in [-0.4, -0.2) is 63.2 Å². The van der Waals surface area contributed by atoms with E-state index in [1.54, 1.807) is 4.90 Å². The molecular weight excluding hydrogens is 322 g/mol. The maximum atomic E-state index is 12.2. The minimum absolute atomic E-state index is 0.0331. The van der Waals surface area contributed by atoms with Gasteiger partial charge in [-0.1, -0.05) is 6.07 Å². The Balaban J connectivity index is 2.07. The van der Waals surface area contributed by atoms with Crippen molar-refractivity contribution < 1.29 is 19.4 Å². The van der Waals surface area contributed by atoms with Crippen molar-refractivity contribution in [2.24, 2.45) is 0 Å². The SMILES string of the molecule is Cc1cccc(CN(C)C2(CC(=O)O)CN(C(=O)OC(C)(C)C)C2)n1. The van der Waals surface area contributed by atoms with Crippen LogP contribution < -0.4 is 0 Å². The van der Waals surface area contributed by atoms with Gasteiger partial charge in [0.05, 0.1) is 17.7 Å². The molecule has 7 nitrogen and oxygen atoms in total. The summed E-state index contributed by atoms with van der Waals surface area (Å²) in [5, 5.41) is 9.31. The van der Waals surface area contributed by atoms with Crippen LogP contribution in [0.3, 0.4) is 0 Å². The van der Waals surface area contributed by atoms with Crippen molar-refractivity contribution in [1.29, 1.82) is 0 Å². The lowest BCUT2D eigenvalue weighted by atomic mass is 9.84. The van der Waals surface area contributed by atoms with Crippen LogP contribution in [0, 0.1) is 6.92 Å². The number of carboxylic acids is 1. The molecule has 25 heavy (non-hydrogen) atoms. The zero-order valence-electron chi connectivity index (χ0n) is 15.6. The first kappa shape index (κ1) is 19.2. The molecule has 0 unspecified atom stereocenters. The Morgan fingerprint density at radius 3 is 2.52 bits per heavy atom. The van der Waals surface area contributed by atoms with E-state index in [2.05, 4.69) is 4.98 Å². The smallest absolute Gasteiger partial charge is 0.410 e. The summed E-state index contributed by atoms with van der Waals surface area (Å²) in [6.07, 6.45) is -0.440. The van der Waals surface area contributed by atoms with E-state index >= 15 is 0 Å². The van der Waals surface area contributed by atoms with Crippen LogP contribution in [0.2, 0.25) is 0 Å². The number of amides is 1. The van der Waals surface area contributed by atoms with E-state index in [1.165, 1.54) is 0 Å². The van der Waals surface area contributed by atoms with Crippen LogP contribution in [-0.2, 0) is 16.1 Å². The van der Waals surface area contributed by atoms with E-state index in [-0.39, 0.29) is 6.42 Å². The van der Waals surface area contributed by atoms with E-state index in [0.29, 0.717) is 19.6 Å². The molecule has 1 aromatic rings. The lowest BCUT2D eigenvalue weighted by molar-refractivity contribution is -0.145. The highest BCUT2D eigenvalue weighted by Crippen LogP contribution is 2.32. The van der Waals surface area contributed by atoms with Crippen molar-refractivity contribution >= 4 is 12.1 Å². The maximum Gasteiger partial charge on any atom is 0.410 e. The molecule has 0 atom stereocenters. The monoisotopic (exact) mass is 349 g/mol. The summed E-state index contributed by atoms with van der Waals surface area (Å²) in [6, 6.07) is 5.77. The Kier molecular flexibility index (Phi) is 5.37. The molecule has 0 aromatic carbocycles. The van der Waals surface area contributed by atoms with Gasteiger partial charge in [0.25, 0.3) is 0 Å². The standard InChI is InChI=1S/C18H27N3O4/c1-13-7-6-8-14(19-13)10-20(5)18(9-15(22)23)11-21(12-18)16(24)25-17(2,3)4/h6-8H,9-12H2,1-5H3,(H,22,23). The summed E-state index contributed by atoms with van der Waals surface area (Å²) in [5.74, 6) is -0.882. The van der Waals surface area contributed by atoms with Gasteiger partial charge in [-0.15, -0.1) is 0 Å². The Labute approximate surface area is 148 Å². The number of hydrogen-bond acceptors (Lipinski definition) is 5. The van der Waals surface area contributed by atoms with Crippen molar-refractivity contribution in [1.82, 2.24) is 14.8 Å². The highest BCUT2D eigenvalue weighted by Gasteiger charge is 2.50. The van der Waals surface area contributed by atoms with E-state index in [9.17, 15) is 14.7 Å². The van der Waals surface area contributed by atoms with Crippen molar-refractivity contribution in [3.8, 4) is 0 Å². The number of carbonyl (C=O) groups excluding carboxylic acids is 1. The summed E-state index contributed by atoms with van der Waals surface area (Å²) in [5.41, 5.74) is 0.624. The lowest BCUT2D eigenvalue weighted by Crippen LogP contribution is -2.71. The Morgan fingerprint density at radius 1 is 1.36 bits per heavy atom. The average molecular weight is 349 g/mol. The molecule has 138 valence electrons. The summed E-state index contributed by atoms with van der Waals surface area (Å²) in [4.78, 5) is 31.5. The molecular formula is C18H27N3O4. The molecule has 1 N–H and O–H groups in total. The third-order valence-electron chi connectivity index (χ3n) is 4.26. The van der Waals surface area contributed by atoms with Crippen LogP contribution >= 0.6 is 0 Å². The van der Waals surface area contributed by atoms with Gasteiger partial charge >= 0.3 is 12.1 Å². The fraction of sp³-hybridized carbons (Fsp3) is 0.611. The van der Waals surface area contributed by atoms with Crippen LogP contribution in [0.25, 0.3) is 0 Å². The summed E-state index contributed by atoms with van der Waals surface area (Å²) in [6.45, 7) is 8.54. The second kappa shape index (κ2) is 7.00. The van der Waals surface area contributed by atoms with Crippen molar-refractivity contribution in [3.05, 3.63) is 29.6 Å². The van der Waals surface area contributed by atoms with Gasteiger partial charge in [0.1, 0.15) is 5.60 Å². The summed E-state index contributed by atoms with van der Waals surface area (Å²) >= 11 is 0. The van der Waals surface area contributed by atoms with Gasteiger partial charge in [-0.25, -0.2) is 4.79 Å². The number of aromatic nitrogens is 1. The lowest BCUT2D eigenvalue weighted by Gasteiger charge is -2.53. The summed E-state index contributed by atoms with van der Waals surface area (Å²) in [7, 11) is 1.87. The summed E-state index contributed by atoms with van der Waals surface area (Å²) < 4.78 is 5.36. The number of carboxylic acid groups (broad SMARTS) is 1. The third-order valence-corrected chi connectivity index (χ3v) is 4.26. The van der Waals surface area contributed by atoms with Gasteiger partial charge in [0, 0.05) is 25.3 Å². The maximum absolute atomic E-state index is 12.2. The number of nitrogens with zero attached hydrogens (tertiary/aromatic N) is 3. The number of rotatable bonds is 5. The van der Waals surface area contributed by atoms with E-state index in [1.807, 2.05) is 57.8 Å². The highest BCUT2D eigenvalue weighted by atomic mass is 16.6. The van der Waals surface area contributed by atoms with Crippen LogP contribution in [0.1, 0.15) is 38.6 Å². The van der Waals surface area contributed by atoms with E-state index in [4.69, 9.17) is 4.74 Å². The molecule has 0 spiro atoms. The molecule has 1 fully saturated rings. The molecule has 1 aromatic heterocycles. The number of carbonyl (C=O) groups is 2. The van der Waals surface area contributed by atoms with Crippen molar-refractivity contribution in [2.75, 3.05) is 20.1 Å². The van der Waals surface area contributed by atoms with Gasteiger partial charge in [-0.05, 0) is 46.9 Å². The highest BCUT2D eigenvalue weighted by molar-refractivity contribution is 5.73. The van der Waals surface area contributed by atoms with Crippen LogP contribution in [0.4, 0.5) is 4.79 Å². The van der Waals surface area contributed by atoms with Gasteiger partial charge in [-0.3, -0.25) is 14.7 Å². The zero-order valence-corrected chi connectivity index (χ0v) is 15.6. The normalized spacial score (nSPS) is 16.5. The predicted octanol–water partition coefficient (Wildman–Crippen LogP) is 2.29. The molecule has 1 amide bonds. The van der Waals surface area contributed by atoms with E-state index in [0.717, 1.165) is 11.4 Å². The third kappa shape index (κ3) is 4.92. The topological polar surface area (TPSA) is 83.0 Å². The van der Waals surface area contributed by atoms with Crippen LogP contribution in [0.15, 0.2) is 18.2 Å². The molecule has 1 aliphatic rings. The Morgan fingerprint density at radius 2 is 2.00 bits per heavy atom.